The number of fused-ring (bicyclic) bond motifs is 1. The van der Waals surface area contributed by atoms with Crippen molar-refractivity contribution in [1.82, 2.24) is 24.4 Å². The lowest BCUT2D eigenvalue weighted by molar-refractivity contribution is 0.0295. The van der Waals surface area contributed by atoms with Crippen LogP contribution >= 0.6 is 11.8 Å². The predicted octanol–water partition coefficient (Wildman–Crippen LogP) is 3.82. The molecule has 30 heavy (non-hydrogen) atoms. The van der Waals surface area contributed by atoms with Crippen LogP contribution in [0, 0.1) is 0 Å². The van der Waals surface area contributed by atoms with Crippen LogP contribution in [-0.4, -0.2) is 56.8 Å². The summed E-state index contributed by atoms with van der Waals surface area (Å²) in [6, 6.07) is 0. The maximum absolute atomic E-state index is 12.2. The first-order valence-corrected chi connectivity index (χ1v) is 10.3. The molecule has 0 saturated heterocycles. The minimum absolute atomic E-state index is 0.328. The van der Waals surface area contributed by atoms with Crippen molar-refractivity contribution in [2.24, 2.45) is 0 Å². The number of ether oxygens (including phenoxy) is 2. The molecule has 2 aromatic rings. The van der Waals surface area contributed by atoms with E-state index in [0.29, 0.717) is 42.3 Å². The number of hydrogen-bond donors (Lipinski definition) is 1. The zero-order valence-electron chi connectivity index (χ0n) is 18.4. The van der Waals surface area contributed by atoms with Gasteiger partial charge in [0.15, 0.2) is 22.1 Å². The van der Waals surface area contributed by atoms with E-state index in [1.165, 1.54) is 18.1 Å². The Balaban J connectivity index is 2.18. The maximum Gasteiger partial charge on any atom is 0.410 e. The summed E-state index contributed by atoms with van der Waals surface area (Å²) in [6.45, 7) is 12.4. The van der Waals surface area contributed by atoms with Crippen molar-refractivity contribution in [1.29, 1.82) is 0 Å². The lowest BCUT2D eigenvalue weighted by Crippen LogP contribution is -2.35. The zero-order valence-corrected chi connectivity index (χ0v) is 19.2. The molecule has 9 nitrogen and oxygen atoms in total. The van der Waals surface area contributed by atoms with Crippen molar-refractivity contribution >= 4 is 34.8 Å². The molecule has 0 aliphatic rings. The minimum Gasteiger partial charge on any atom is -0.497 e. The van der Waals surface area contributed by atoms with Crippen LogP contribution in [0.2, 0.25) is 0 Å². The molecule has 2 N–H and O–H groups in total. The van der Waals surface area contributed by atoms with E-state index >= 15 is 0 Å². The lowest BCUT2D eigenvalue weighted by atomic mass is 10.2. The van der Waals surface area contributed by atoms with Gasteiger partial charge in [-0.2, -0.15) is 0 Å². The molecule has 0 bridgehead atoms. The molecule has 0 aliphatic heterocycles. The molecular formula is C20H30N6O3S. The maximum atomic E-state index is 12.2. The molecule has 164 valence electrons. The zero-order chi connectivity index (χ0) is 22.5. The monoisotopic (exact) mass is 434 g/mol. The number of rotatable bonds is 8. The van der Waals surface area contributed by atoms with Crippen LogP contribution in [0.5, 0.6) is 0 Å². The number of carbonyl (C=O) groups is 1. The summed E-state index contributed by atoms with van der Waals surface area (Å²) in [5, 5.41) is 0.731. The first-order valence-electron chi connectivity index (χ1n) is 9.51. The number of hydrogen-bond acceptors (Lipinski definition) is 8. The van der Waals surface area contributed by atoms with Crippen molar-refractivity contribution in [2.75, 3.05) is 26.4 Å². The smallest absolute Gasteiger partial charge is 0.410 e. The Kier molecular flexibility index (Phi) is 7.71. The third-order valence-electron chi connectivity index (χ3n) is 3.98. The Labute approximate surface area is 181 Å². The van der Waals surface area contributed by atoms with Gasteiger partial charge in [-0.05, 0) is 45.1 Å². The fourth-order valence-corrected chi connectivity index (χ4v) is 3.47. The predicted molar refractivity (Wildman–Crippen MR) is 119 cm³/mol. The summed E-state index contributed by atoms with van der Waals surface area (Å²) in [6.07, 6.45) is 3.59. The van der Waals surface area contributed by atoms with E-state index in [1.807, 2.05) is 38.3 Å². The van der Waals surface area contributed by atoms with Crippen LogP contribution in [0.25, 0.3) is 11.2 Å². The van der Waals surface area contributed by atoms with Gasteiger partial charge in [-0.25, -0.2) is 19.7 Å². The average molecular weight is 435 g/mol. The number of thioether (sulfide) groups is 1. The SMILES string of the molecule is C=C(C=C(C)Sc1nc2c(N)ncnc2n1CCCN(C)C(=O)OC(C)(C)C)OC. The van der Waals surface area contributed by atoms with E-state index in [0.717, 1.165) is 10.1 Å². The van der Waals surface area contributed by atoms with Gasteiger partial charge in [0, 0.05) is 20.1 Å². The number of amides is 1. The molecule has 2 heterocycles. The number of aryl methyl sites for hydroxylation is 1. The van der Waals surface area contributed by atoms with Crippen molar-refractivity contribution in [3.8, 4) is 0 Å². The van der Waals surface area contributed by atoms with E-state index < -0.39 is 5.60 Å². The molecule has 0 aliphatic carbocycles. The lowest BCUT2D eigenvalue weighted by Gasteiger charge is -2.24. The van der Waals surface area contributed by atoms with Crippen molar-refractivity contribution in [2.45, 2.75) is 51.4 Å². The van der Waals surface area contributed by atoms with E-state index in [1.54, 1.807) is 19.1 Å². The Morgan fingerprint density at radius 2 is 2.10 bits per heavy atom. The Morgan fingerprint density at radius 3 is 2.73 bits per heavy atom. The molecule has 2 rings (SSSR count). The fourth-order valence-electron chi connectivity index (χ4n) is 2.57. The van der Waals surface area contributed by atoms with Gasteiger partial charge in [-0.3, -0.25) is 0 Å². The summed E-state index contributed by atoms with van der Waals surface area (Å²) in [5.41, 5.74) is 6.68. The highest BCUT2D eigenvalue weighted by Crippen LogP contribution is 2.30. The molecule has 2 aromatic heterocycles. The molecule has 1 amide bonds. The van der Waals surface area contributed by atoms with E-state index in [9.17, 15) is 4.79 Å². The van der Waals surface area contributed by atoms with E-state index in [4.69, 9.17) is 15.2 Å². The van der Waals surface area contributed by atoms with Crippen molar-refractivity contribution < 1.29 is 14.3 Å². The molecule has 0 saturated carbocycles. The molecule has 0 aromatic carbocycles. The molecule has 0 fully saturated rings. The quantitative estimate of drug-likeness (QED) is 0.379. The van der Waals surface area contributed by atoms with Crippen molar-refractivity contribution in [3.63, 3.8) is 0 Å². The summed E-state index contributed by atoms with van der Waals surface area (Å²) in [7, 11) is 3.29. The number of methoxy groups -OCH3 is 1. The third kappa shape index (κ3) is 6.38. The molecule has 0 atom stereocenters. The first kappa shape index (κ1) is 23.5. The van der Waals surface area contributed by atoms with Gasteiger partial charge in [0.1, 0.15) is 17.7 Å². The van der Waals surface area contributed by atoms with E-state index in [-0.39, 0.29) is 6.09 Å². The van der Waals surface area contributed by atoms with Gasteiger partial charge >= 0.3 is 6.09 Å². The second kappa shape index (κ2) is 9.84. The number of allylic oxidation sites excluding steroid dienone is 2. The normalized spacial score (nSPS) is 12.1. The topological polar surface area (TPSA) is 108 Å². The number of imidazole rings is 1. The second-order valence-electron chi connectivity index (χ2n) is 7.76. The number of nitrogens with two attached hydrogens (primary N) is 1. The Morgan fingerprint density at radius 1 is 1.40 bits per heavy atom. The summed E-state index contributed by atoms with van der Waals surface area (Å²) >= 11 is 1.46. The van der Waals surface area contributed by atoms with Gasteiger partial charge in [-0.15, -0.1) is 0 Å². The van der Waals surface area contributed by atoms with Crippen LogP contribution in [0.15, 0.2) is 34.8 Å². The van der Waals surface area contributed by atoms with Crippen LogP contribution in [0.1, 0.15) is 34.1 Å². The molecular weight excluding hydrogens is 404 g/mol. The number of nitrogens with zero attached hydrogens (tertiary/aromatic N) is 5. The first-order chi connectivity index (χ1) is 14.0. The van der Waals surface area contributed by atoms with Gasteiger partial charge in [0.2, 0.25) is 0 Å². The Bertz CT molecular complexity index is 948. The number of carbonyl (C=O) groups excluding carboxylic acids is 1. The largest absolute Gasteiger partial charge is 0.497 e. The minimum atomic E-state index is -0.528. The summed E-state index contributed by atoms with van der Waals surface area (Å²) < 4.78 is 12.5. The van der Waals surface area contributed by atoms with Crippen LogP contribution in [-0.2, 0) is 16.0 Å². The van der Waals surface area contributed by atoms with Crippen LogP contribution in [0.4, 0.5) is 10.6 Å². The second-order valence-corrected chi connectivity index (χ2v) is 8.97. The third-order valence-corrected chi connectivity index (χ3v) is 4.92. The number of aromatic nitrogens is 4. The highest BCUT2D eigenvalue weighted by Gasteiger charge is 2.20. The van der Waals surface area contributed by atoms with Crippen LogP contribution in [0.3, 0.4) is 0 Å². The van der Waals surface area contributed by atoms with Gasteiger partial charge in [0.25, 0.3) is 0 Å². The van der Waals surface area contributed by atoms with Gasteiger partial charge < -0.3 is 24.7 Å². The summed E-state index contributed by atoms with van der Waals surface area (Å²) in [4.78, 5) is 27.7. The molecule has 0 spiro atoms. The number of nitrogen functional groups attached to an aromatic ring is 1. The van der Waals surface area contributed by atoms with Crippen molar-refractivity contribution in [3.05, 3.63) is 29.6 Å². The number of anilines is 1. The fraction of sp³-hybridized carbons (Fsp3) is 0.500. The summed E-state index contributed by atoms with van der Waals surface area (Å²) in [5.74, 6) is 0.885. The Hall–Kier alpha value is -2.75. The van der Waals surface area contributed by atoms with E-state index in [2.05, 4.69) is 21.5 Å². The molecule has 10 heteroatoms. The molecule has 0 unspecified atom stereocenters. The standard InChI is InChI=1S/C20H30N6O3S/c1-13(28-7)11-14(2)30-18-24-15-16(21)22-12-23-17(15)26(18)10-8-9-25(6)19(27)29-20(3,4)5/h11-12H,1,8-10H2,2-7H3,(H2,21,22,23). The van der Waals surface area contributed by atoms with Crippen LogP contribution < -0.4 is 5.73 Å². The average Bonchev–Trinajstić information content (AvgIpc) is 2.98. The highest BCUT2D eigenvalue weighted by atomic mass is 32.2. The molecule has 0 radical (unpaired) electrons. The highest BCUT2D eigenvalue weighted by molar-refractivity contribution is 8.02. The van der Waals surface area contributed by atoms with Gasteiger partial charge in [0.05, 0.1) is 7.11 Å². The van der Waals surface area contributed by atoms with Gasteiger partial charge in [-0.1, -0.05) is 18.3 Å².